The summed E-state index contributed by atoms with van der Waals surface area (Å²) in [6.07, 6.45) is 6.44. The van der Waals surface area contributed by atoms with Crippen LogP contribution in [0.25, 0.3) is 0 Å². The summed E-state index contributed by atoms with van der Waals surface area (Å²) in [4.78, 5) is 8.84. The monoisotopic (exact) mass is 275 g/mol. The van der Waals surface area contributed by atoms with Crippen LogP contribution >= 0.6 is 11.8 Å². The molecule has 19 heavy (non-hydrogen) atoms. The molecule has 1 saturated carbocycles. The second-order valence-electron chi connectivity index (χ2n) is 4.86. The smallest absolute Gasteiger partial charge is 0.153 e. The molecule has 2 aromatic rings. The van der Waals surface area contributed by atoms with Gasteiger partial charge in [0.1, 0.15) is 11.6 Å². The number of hydrogen-bond acceptors (Lipinski definition) is 5. The molecular formula is C13H17N5S. The van der Waals surface area contributed by atoms with Crippen LogP contribution in [0.1, 0.15) is 35.8 Å². The molecule has 100 valence electrons. The van der Waals surface area contributed by atoms with E-state index in [2.05, 4.69) is 31.5 Å². The van der Waals surface area contributed by atoms with E-state index in [-0.39, 0.29) is 0 Å². The fourth-order valence-electron chi connectivity index (χ4n) is 1.93. The lowest BCUT2D eigenvalue weighted by Crippen LogP contribution is -2.01. The molecule has 2 aromatic heterocycles. The van der Waals surface area contributed by atoms with Gasteiger partial charge in [-0.25, -0.2) is 9.97 Å². The summed E-state index contributed by atoms with van der Waals surface area (Å²) in [5.74, 6) is 4.02. The van der Waals surface area contributed by atoms with Gasteiger partial charge in [0.05, 0.1) is 5.75 Å². The summed E-state index contributed by atoms with van der Waals surface area (Å²) in [6, 6.07) is 2.08. The molecule has 0 spiro atoms. The van der Waals surface area contributed by atoms with Crippen molar-refractivity contribution in [3.63, 3.8) is 0 Å². The zero-order chi connectivity index (χ0) is 13.2. The molecule has 5 nitrogen and oxygen atoms in total. The maximum Gasteiger partial charge on any atom is 0.153 e. The lowest BCUT2D eigenvalue weighted by atomic mass is 10.3. The normalized spacial score (nSPS) is 14.6. The minimum Gasteiger partial charge on any atom is -0.323 e. The van der Waals surface area contributed by atoms with Gasteiger partial charge < -0.3 is 5.32 Å². The molecule has 6 heteroatoms. The molecule has 1 aliphatic carbocycles. The van der Waals surface area contributed by atoms with Crippen LogP contribution in [0.2, 0.25) is 0 Å². The van der Waals surface area contributed by atoms with Crippen molar-refractivity contribution >= 4 is 23.4 Å². The number of aromatic nitrogens is 4. The molecule has 0 aromatic carbocycles. The predicted octanol–water partition coefficient (Wildman–Crippen LogP) is 2.99. The van der Waals surface area contributed by atoms with Gasteiger partial charge in [-0.05, 0) is 26.0 Å². The fourth-order valence-corrected chi connectivity index (χ4v) is 2.33. The molecular weight excluding hydrogens is 258 g/mol. The summed E-state index contributed by atoms with van der Waals surface area (Å²) in [5, 5.41) is 10.6. The molecule has 0 atom stereocenters. The zero-order valence-corrected chi connectivity index (χ0v) is 11.9. The van der Waals surface area contributed by atoms with Crippen LogP contribution in [0.3, 0.4) is 0 Å². The van der Waals surface area contributed by atoms with E-state index in [1.807, 2.05) is 19.4 Å². The van der Waals surface area contributed by atoms with Gasteiger partial charge in [0, 0.05) is 29.4 Å². The van der Waals surface area contributed by atoms with Crippen molar-refractivity contribution in [2.24, 2.45) is 0 Å². The Hall–Kier alpha value is -1.56. The highest BCUT2D eigenvalue weighted by Gasteiger charge is 2.25. The number of nitrogens with one attached hydrogen (secondary N) is 2. The van der Waals surface area contributed by atoms with Crippen molar-refractivity contribution in [2.45, 2.75) is 31.4 Å². The van der Waals surface area contributed by atoms with Crippen molar-refractivity contribution in [1.82, 2.24) is 20.2 Å². The topological polar surface area (TPSA) is 66.5 Å². The summed E-state index contributed by atoms with van der Waals surface area (Å²) in [5.41, 5.74) is 2.25. The number of hydrogen-bond donors (Lipinski definition) is 2. The molecule has 3 rings (SSSR count). The maximum atomic E-state index is 4.53. The van der Waals surface area contributed by atoms with E-state index in [0.717, 1.165) is 28.8 Å². The second-order valence-corrected chi connectivity index (χ2v) is 5.72. The maximum absolute atomic E-state index is 4.53. The van der Waals surface area contributed by atoms with E-state index < -0.39 is 0 Å². The average Bonchev–Trinajstić information content (AvgIpc) is 3.15. The van der Waals surface area contributed by atoms with Crippen molar-refractivity contribution in [3.8, 4) is 0 Å². The molecule has 0 aliphatic heterocycles. The van der Waals surface area contributed by atoms with Crippen LogP contribution in [0.15, 0.2) is 12.3 Å². The number of H-pyrrole nitrogens is 1. The van der Waals surface area contributed by atoms with Gasteiger partial charge in [-0.2, -0.15) is 16.9 Å². The van der Waals surface area contributed by atoms with Gasteiger partial charge in [-0.1, -0.05) is 0 Å². The van der Waals surface area contributed by atoms with Gasteiger partial charge in [0.25, 0.3) is 0 Å². The van der Waals surface area contributed by atoms with Crippen LogP contribution in [0.4, 0.5) is 11.6 Å². The Morgan fingerprint density at radius 3 is 3.05 bits per heavy atom. The summed E-state index contributed by atoms with van der Waals surface area (Å²) in [6.45, 7) is 2.00. The Bertz CT molecular complexity index is 576. The van der Waals surface area contributed by atoms with Gasteiger partial charge in [0.2, 0.25) is 0 Å². The number of aromatic amines is 1. The number of thioether (sulfide) groups is 1. The molecule has 0 amide bonds. The van der Waals surface area contributed by atoms with E-state index >= 15 is 0 Å². The van der Waals surface area contributed by atoms with E-state index in [0.29, 0.717) is 5.92 Å². The van der Waals surface area contributed by atoms with Crippen molar-refractivity contribution in [2.75, 3.05) is 11.6 Å². The summed E-state index contributed by atoms with van der Waals surface area (Å²) >= 11 is 1.72. The zero-order valence-electron chi connectivity index (χ0n) is 11.1. The number of rotatable bonds is 5. The Labute approximate surface area is 116 Å². The van der Waals surface area contributed by atoms with Crippen LogP contribution in [0, 0.1) is 6.92 Å². The van der Waals surface area contributed by atoms with Crippen molar-refractivity contribution in [1.29, 1.82) is 0 Å². The van der Waals surface area contributed by atoms with E-state index in [9.17, 15) is 0 Å². The first-order chi connectivity index (χ1) is 9.26. The number of aryl methyl sites for hydroxylation is 1. The van der Waals surface area contributed by atoms with Crippen molar-refractivity contribution < 1.29 is 0 Å². The van der Waals surface area contributed by atoms with Gasteiger partial charge >= 0.3 is 0 Å². The minimum atomic E-state index is 0.682. The van der Waals surface area contributed by atoms with Crippen LogP contribution in [0.5, 0.6) is 0 Å². The third-order valence-electron chi connectivity index (χ3n) is 3.16. The highest BCUT2D eigenvalue weighted by molar-refractivity contribution is 7.97. The second kappa shape index (κ2) is 5.21. The molecule has 2 heterocycles. The average molecular weight is 275 g/mol. The van der Waals surface area contributed by atoms with Crippen LogP contribution < -0.4 is 5.32 Å². The minimum absolute atomic E-state index is 0.682. The van der Waals surface area contributed by atoms with E-state index in [1.54, 1.807) is 11.8 Å². The lowest BCUT2D eigenvalue weighted by molar-refractivity contribution is 0.964. The summed E-state index contributed by atoms with van der Waals surface area (Å²) in [7, 11) is 0. The molecule has 0 radical (unpaired) electrons. The SMILES string of the molecule is CSCc1ncc(C)c(Nc2cc(C3CC3)[nH]n2)n1. The highest BCUT2D eigenvalue weighted by Crippen LogP contribution is 2.39. The third-order valence-corrected chi connectivity index (χ3v) is 3.70. The molecule has 1 fully saturated rings. The molecule has 0 saturated heterocycles. The van der Waals surface area contributed by atoms with E-state index in [1.165, 1.54) is 18.5 Å². The first-order valence-electron chi connectivity index (χ1n) is 6.40. The van der Waals surface area contributed by atoms with Gasteiger partial charge in [-0.3, -0.25) is 5.10 Å². The first kappa shape index (κ1) is 12.5. The van der Waals surface area contributed by atoms with Crippen LogP contribution in [-0.2, 0) is 5.75 Å². The first-order valence-corrected chi connectivity index (χ1v) is 7.79. The standard InChI is InChI=1S/C13H17N5S/c1-8-6-14-12(7-19-2)16-13(8)15-11-5-10(17-18-11)9-3-4-9/h5-6,9H,3-4,7H2,1-2H3,(H2,14,15,16,17,18). The lowest BCUT2D eigenvalue weighted by Gasteiger charge is -2.07. The van der Waals surface area contributed by atoms with Crippen LogP contribution in [-0.4, -0.2) is 26.4 Å². The van der Waals surface area contributed by atoms with Gasteiger partial charge in [-0.15, -0.1) is 0 Å². The van der Waals surface area contributed by atoms with Crippen molar-refractivity contribution in [3.05, 3.63) is 29.3 Å². The highest BCUT2D eigenvalue weighted by atomic mass is 32.2. The Morgan fingerprint density at radius 1 is 1.47 bits per heavy atom. The van der Waals surface area contributed by atoms with Gasteiger partial charge in [0.15, 0.2) is 5.82 Å². The Morgan fingerprint density at radius 2 is 2.32 bits per heavy atom. The van der Waals surface area contributed by atoms with E-state index in [4.69, 9.17) is 0 Å². The Balaban J connectivity index is 1.78. The molecule has 0 unspecified atom stereocenters. The summed E-state index contributed by atoms with van der Waals surface area (Å²) < 4.78 is 0. The predicted molar refractivity (Wildman–Crippen MR) is 77.8 cm³/mol. The number of nitrogens with zero attached hydrogens (tertiary/aromatic N) is 3. The third kappa shape index (κ3) is 2.89. The largest absolute Gasteiger partial charge is 0.323 e. The molecule has 0 bridgehead atoms. The number of anilines is 2. The Kier molecular flexibility index (Phi) is 3.42. The fraction of sp³-hybridized carbons (Fsp3) is 0.462. The quantitative estimate of drug-likeness (QED) is 0.878. The molecule has 2 N–H and O–H groups in total. The molecule has 1 aliphatic rings.